The monoisotopic (exact) mass is 398 g/mol. The molecule has 1 amide bonds. The molecule has 28 heavy (non-hydrogen) atoms. The predicted octanol–water partition coefficient (Wildman–Crippen LogP) is 4.55. The fourth-order valence-electron chi connectivity index (χ4n) is 3.72. The maximum absolute atomic E-state index is 13.2. The lowest BCUT2D eigenvalue weighted by molar-refractivity contribution is 0.0757. The van der Waals surface area contributed by atoms with E-state index in [-0.39, 0.29) is 11.7 Å². The standard InChI is InChI=1S/C22H23FN2O2S/c1-24-12-15-10-11-25(13-15)22(26)21-19(18-4-2-3-5-20(18)27-21)14-28-17-8-6-16(23)7-9-17/h2-9,15,24H,10-14H2,1H3. The molecule has 1 atom stereocenters. The van der Waals surface area contributed by atoms with Gasteiger partial charge < -0.3 is 14.6 Å². The lowest BCUT2D eigenvalue weighted by atomic mass is 10.1. The largest absolute Gasteiger partial charge is 0.451 e. The maximum atomic E-state index is 13.2. The molecule has 4 nitrogen and oxygen atoms in total. The number of thioether (sulfide) groups is 1. The molecular weight excluding hydrogens is 375 g/mol. The van der Waals surface area contributed by atoms with Gasteiger partial charge in [-0.25, -0.2) is 4.39 Å². The number of hydrogen-bond donors (Lipinski definition) is 1. The van der Waals surface area contributed by atoms with E-state index in [4.69, 9.17) is 4.42 Å². The second kappa shape index (κ2) is 8.37. The zero-order valence-electron chi connectivity index (χ0n) is 15.8. The maximum Gasteiger partial charge on any atom is 0.289 e. The Morgan fingerprint density at radius 2 is 2.04 bits per heavy atom. The number of likely N-dealkylation sites (tertiary alicyclic amines) is 1. The predicted molar refractivity (Wildman–Crippen MR) is 110 cm³/mol. The van der Waals surface area contributed by atoms with E-state index in [2.05, 4.69) is 5.32 Å². The number of amides is 1. The van der Waals surface area contributed by atoms with Crippen molar-refractivity contribution < 1.29 is 13.6 Å². The van der Waals surface area contributed by atoms with Gasteiger partial charge in [-0.2, -0.15) is 0 Å². The average Bonchev–Trinajstić information content (AvgIpc) is 3.32. The van der Waals surface area contributed by atoms with Crippen LogP contribution in [0.25, 0.3) is 11.0 Å². The van der Waals surface area contributed by atoms with Gasteiger partial charge in [0.1, 0.15) is 11.4 Å². The van der Waals surface area contributed by atoms with Gasteiger partial charge in [0, 0.05) is 34.7 Å². The lowest BCUT2D eigenvalue weighted by Crippen LogP contribution is -2.30. The number of furan rings is 1. The van der Waals surface area contributed by atoms with Crippen LogP contribution in [0, 0.1) is 11.7 Å². The Hall–Kier alpha value is -2.31. The summed E-state index contributed by atoms with van der Waals surface area (Å²) in [7, 11) is 1.94. The molecule has 2 aromatic carbocycles. The van der Waals surface area contributed by atoms with Crippen molar-refractivity contribution in [1.29, 1.82) is 0 Å². The fraction of sp³-hybridized carbons (Fsp3) is 0.318. The second-order valence-electron chi connectivity index (χ2n) is 7.11. The number of hydrogen-bond acceptors (Lipinski definition) is 4. The van der Waals surface area contributed by atoms with Gasteiger partial charge in [-0.15, -0.1) is 11.8 Å². The molecule has 4 rings (SSSR count). The van der Waals surface area contributed by atoms with E-state index in [1.165, 1.54) is 12.1 Å². The quantitative estimate of drug-likeness (QED) is 0.619. The normalized spacial score (nSPS) is 16.8. The minimum Gasteiger partial charge on any atom is -0.451 e. The van der Waals surface area contributed by atoms with Crippen LogP contribution in [0.2, 0.25) is 0 Å². The first-order chi connectivity index (χ1) is 13.7. The number of benzene rings is 2. The number of fused-ring (bicyclic) bond motifs is 1. The molecule has 1 unspecified atom stereocenters. The van der Waals surface area contributed by atoms with Gasteiger partial charge >= 0.3 is 0 Å². The van der Waals surface area contributed by atoms with E-state index in [0.29, 0.717) is 17.4 Å². The Labute approximate surface area is 168 Å². The third-order valence-electron chi connectivity index (χ3n) is 5.16. The average molecular weight is 399 g/mol. The third kappa shape index (κ3) is 3.93. The number of nitrogens with one attached hydrogen (secondary N) is 1. The van der Waals surface area contributed by atoms with Crippen molar-refractivity contribution in [2.45, 2.75) is 17.1 Å². The van der Waals surface area contributed by atoms with Gasteiger partial charge in [0.2, 0.25) is 0 Å². The van der Waals surface area contributed by atoms with Crippen LogP contribution < -0.4 is 5.32 Å². The molecule has 146 valence electrons. The number of para-hydroxylation sites is 1. The van der Waals surface area contributed by atoms with Gasteiger partial charge in [-0.05, 0) is 56.3 Å². The number of carbonyl (C=O) groups excluding carboxylic acids is 1. The summed E-state index contributed by atoms with van der Waals surface area (Å²) >= 11 is 1.58. The summed E-state index contributed by atoms with van der Waals surface area (Å²) < 4.78 is 19.2. The van der Waals surface area contributed by atoms with E-state index < -0.39 is 0 Å². The van der Waals surface area contributed by atoms with Gasteiger partial charge in [-0.3, -0.25) is 4.79 Å². The van der Waals surface area contributed by atoms with Crippen molar-refractivity contribution >= 4 is 28.6 Å². The first kappa shape index (κ1) is 19.0. The van der Waals surface area contributed by atoms with Crippen molar-refractivity contribution in [1.82, 2.24) is 10.2 Å². The summed E-state index contributed by atoms with van der Waals surface area (Å²) in [4.78, 5) is 16.0. The fourth-order valence-corrected chi connectivity index (χ4v) is 4.64. The topological polar surface area (TPSA) is 45.5 Å². The molecule has 0 bridgehead atoms. The zero-order valence-corrected chi connectivity index (χ0v) is 16.6. The molecule has 1 N–H and O–H groups in total. The highest BCUT2D eigenvalue weighted by Crippen LogP contribution is 2.33. The summed E-state index contributed by atoms with van der Waals surface area (Å²) in [5.41, 5.74) is 1.64. The number of nitrogens with zero attached hydrogens (tertiary/aromatic N) is 1. The number of halogens is 1. The van der Waals surface area contributed by atoms with Crippen molar-refractivity contribution in [2.75, 3.05) is 26.7 Å². The molecule has 1 fully saturated rings. The Bertz CT molecular complexity index is 970. The van der Waals surface area contributed by atoms with Crippen molar-refractivity contribution in [3.63, 3.8) is 0 Å². The van der Waals surface area contributed by atoms with Crippen molar-refractivity contribution in [3.05, 3.63) is 65.7 Å². The highest BCUT2D eigenvalue weighted by Gasteiger charge is 2.30. The van der Waals surface area contributed by atoms with Gasteiger partial charge in [0.15, 0.2) is 5.76 Å². The second-order valence-corrected chi connectivity index (χ2v) is 8.16. The molecule has 1 aliphatic heterocycles. The van der Waals surface area contributed by atoms with Crippen LogP contribution in [-0.4, -0.2) is 37.5 Å². The molecule has 1 aliphatic rings. The minimum atomic E-state index is -0.251. The molecule has 1 aromatic heterocycles. The van der Waals surface area contributed by atoms with Gasteiger partial charge in [0.05, 0.1) is 0 Å². The van der Waals surface area contributed by atoms with E-state index in [9.17, 15) is 9.18 Å². The van der Waals surface area contributed by atoms with E-state index in [1.807, 2.05) is 36.2 Å². The molecule has 3 aromatic rings. The zero-order chi connectivity index (χ0) is 19.5. The molecule has 0 saturated carbocycles. The van der Waals surface area contributed by atoms with Gasteiger partial charge in [0.25, 0.3) is 5.91 Å². The number of rotatable bonds is 6. The Balaban J connectivity index is 1.60. The van der Waals surface area contributed by atoms with Crippen LogP contribution in [0.3, 0.4) is 0 Å². The van der Waals surface area contributed by atoms with Crippen LogP contribution in [0.1, 0.15) is 22.5 Å². The highest BCUT2D eigenvalue weighted by molar-refractivity contribution is 7.98. The van der Waals surface area contributed by atoms with E-state index in [1.54, 1.807) is 23.9 Å². The molecule has 0 radical (unpaired) electrons. The summed E-state index contributed by atoms with van der Waals surface area (Å²) in [5, 5.41) is 4.16. The van der Waals surface area contributed by atoms with E-state index >= 15 is 0 Å². The van der Waals surface area contributed by atoms with Crippen LogP contribution in [0.4, 0.5) is 4.39 Å². The van der Waals surface area contributed by atoms with Gasteiger partial charge in [-0.1, -0.05) is 18.2 Å². The molecular formula is C22H23FN2O2S. The molecule has 0 aliphatic carbocycles. The van der Waals surface area contributed by atoms with Crippen molar-refractivity contribution in [3.8, 4) is 0 Å². The number of carbonyl (C=O) groups is 1. The SMILES string of the molecule is CNCC1CCN(C(=O)c2oc3ccccc3c2CSc2ccc(F)cc2)C1. The van der Waals surface area contributed by atoms with Crippen LogP contribution >= 0.6 is 11.8 Å². The smallest absolute Gasteiger partial charge is 0.289 e. The Morgan fingerprint density at radius 3 is 2.82 bits per heavy atom. The molecule has 0 spiro atoms. The first-order valence-corrected chi connectivity index (χ1v) is 10.5. The molecule has 6 heteroatoms. The molecule has 2 heterocycles. The lowest BCUT2D eigenvalue weighted by Gasteiger charge is -2.16. The Morgan fingerprint density at radius 1 is 1.25 bits per heavy atom. The third-order valence-corrected chi connectivity index (χ3v) is 6.19. The van der Waals surface area contributed by atoms with Crippen LogP contribution in [0.15, 0.2) is 57.8 Å². The van der Waals surface area contributed by atoms with Crippen LogP contribution in [0.5, 0.6) is 0 Å². The first-order valence-electron chi connectivity index (χ1n) is 9.48. The van der Waals surface area contributed by atoms with Crippen LogP contribution in [-0.2, 0) is 5.75 Å². The van der Waals surface area contributed by atoms with E-state index in [0.717, 1.165) is 47.5 Å². The minimum absolute atomic E-state index is 0.0375. The summed E-state index contributed by atoms with van der Waals surface area (Å²) in [6, 6.07) is 14.2. The summed E-state index contributed by atoms with van der Waals surface area (Å²) in [5.74, 6) is 1.22. The molecule has 1 saturated heterocycles. The summed E-state index contributed by atoms with van der Waals surface area (Å²) in [6.07, 6.45) is 1.01. The highest BCUT2D eigenvalue weighted by atomic mass is 32.2. The Kier molecular flexibility index (Phi) is 5.69. The van der Waals surface area contributed by atoms with Crippen molar-refractivity contribution in [2.24, 2.45) is 5.92 Å². The summed E-state index contributed by atoms with van der Waals surface area (Å²) in [6.45, 7) is 2.42.